The van der Waals surface area contributed by atoms with E-state index in [0.29, 0.717) is 26.2 Å². The summed E-state index contributed by atoms with van der Waals surface area (Å²) in [5, 5.41) is 1.75. The predicted molar refractivity (Wildman–Crippen MR) is 90.3 cm³/mol. The van der Waals surface area contributed by atoms with Crippen molar-refractivity contribution in [3.8, 4) is 0 Å². The zero-order chi connectivity index (χ0) is 19.4. The number of nitrogens with one attached hydrogen (secondary N) is 1. The van der Waals surface area contributed by atoms with Crippen LogP contribution in [0.2, 0.25) is 0 Å². The topological polar surface area (TPSA) is 69.7 Å². The quantitative estimate of drug-likeness (QED) is 0.799. The molecule has 1 aliphatic heterocycles. The number of alkyl halides is 3. The minimum Gasteiger partial charge on any atom is -0.343 e. The van der Waals surface area contributed by atoms with Crippen molar-refractivity contribution >= 4 is 15.9 Å². The molecule has 0 atom stereocenters. The van der Waals surface area contributed by atoms with E-state index in [2.05, 4.69) is 11.8 Å². The Balaban J connectivity index is 2.02. The number of hydrogen-bond donors (Lipinski definition) is 1. The van der Waals surface area contributed by atoms with Crippen molar-refractivity contribution in [3.63, 3.8) is 0 Å². The van der Waals surface area contributed by atoms with Crippen molar-refractivity contribution in [2.24, 2.45) is 0 Å². The van der Waals surface area contributed by atoms with Crippen molar-refractivity contribution in [2.45, 2.75) is 24.4 Å². The van der Waals surface area contributed by atoms with Crippen LogP contribution in [0.4, 0.5) is 13.2 Å². The number of benzene rings is 1. The number of rotatable bonds is 6. The molecule has 1 saturated heterocycles. The lowest BCUT2D eigenvalue weighted by Crippen LogP contribution is -2.48. The molecule has 1 aromatic carbocycles. The number of sulfonamides is 1. The van der Waals surface area contributed by atoms with Crippen molar-refractivity contribution < 1.29 is 26.4 Å². The van der Waals surface area contributed by atoms with E-state index >= 15 is 0 Å². The lowest BCUT2D eigenvalue weighted by molar-refractivity contribution is -0.123. The molecule has 1 fully saturated rings. The highest BCUT2D eigenvalue weighted by molar-refractivity contribution is 7.89. The van der Waals surface area contributed by atoms with Crippen LogP contribution in [0, 0.1) is 0 Å². The van der Waals surface area contributed by atoms with Gasteiger partial charge in [0.25, 0.3) is 5.91 Å². The van der Waals surface area contributed by atoms with Crippen LogP contribution in [0.5, 0.6) is 0 Å². The third kappa shape index (κ3) is 5.42. The van der Waals surface area contributed by atoms with E-state index in [1.165, 1.54) is 28.6 Å². The molecule has 1 N–H and O–H groups in total. The fourth-order valence-corrected chi connectivity index (χ4v) is 4.14. The maximum absolute atomic E-state index is 12.6. The molecule has 1 aliphatic rings. The van der Waals surface area contributed by atoms with Crippen LogP contribution in [0.3, 0.4) is 0 Å². The number of halogens is 3. The molecule has 0 aromatic heterocycles. The molecule has 1 heterocycles. The summed E-state index contributed by atoms with van der Waals surface area (Å²) in [6, 6.07) is 4.92. The first-order valence-electron chi connectivity index (χ1n) is 8.31. The Labute approximate surface area is 151 Å². The Morgan fingerprint density at radius 1 is 1.12 bits per heavy atom. The van der Waals surface area contributed by atoms with Gasteiger partial charge in [0.15, 0.2) is 0 Å². The molecule has 6 nitrogen and oxygen atoms in total. The number of piperazine rings is 1. The molecular weight excluding hydrogens is 371 g/mol. The summed E-state index contributed by atoms with van der Waals surface area (Å²) >= 11 is 0. The summed E-state index contributed by atoms with van der Waals surface area (Å²) in [6.45, 7) is 3.64. The number of amides is 1. The maximum Gasteiger partial charge on any atom is 0.405 e. The largest absolute Gasteiger partial charge is 0.405 e. The summed E-state index contributed by atoms with van der Waals surface area (Å²) in [5.41, 5.74) is -0.0269. The van der Waals surface area contributed by atoms with Crippen LogP contribution >= 0.6 is 0 Å². The highest BCUT2D eigenvalue weighted by Crippen LogP contribution is 2.19. The van der Waals surface area contributed by atoms with E-state index in [9.17, 15) is 26.4 Å². The number of hydrogen-bond acceptors (Lipinski definition) is 4. The fraction of sp³-hybridized carbons (Fsp3) is 0.562. The van der Waals surface area contributed by atoms with Gasteiger partial charge in [-0.2, -0.15) is 17.5 Å². The van der Waals surface area contributed by atoms with Crippen LogP contribution in [0.15, 0.2) is 29.2 Å². The molecule has 0 aliphatic carbocycles. The third-order valence-electron chi connectivity index (χ3n) is 4.07. The summed E-state index contributed by atoms with van der Waals surface area (Å²) < 4.78 is 63.1. The summed E-state index contributed by atoms with van der Waals surface area (Å²) in [5.74, 6) is -0.903. The van der Waals surface area contributed by atoms with E-state index in [4.69, 9.17) is 0 Å². The average Bonchev–Trinajstić information content (AvgIpc) is 2.60. The third-order valence-corrected chi connectivity index (χ3v) is 5.99. The van der Waals surface area contributed by atoms with Gasteiger partial charge in [0, 0.05) is 31.7 Å². The SMILES string of the molecule is CCCN1CCN(S(=O)(=O)c2ccc(C(=O)NCC(F)(F)F)cc2)CC1. The molecule has 26 heavy (non-hydrogen) atoms. The van der Waals surface area contributed by atoms with Gasteiger partial charge in [0.1, 0.15) is 6.54 Å². The Bertz CT molecular complexity index is 712. The fourth-order valence-electron chi connectivity index (χ4n) is 2.72. The van der Waals surface area contributed by atoms with Crippen molar-refractivity contribution in [1.29, 1.82) is 0 Å². The van der Waals surface area contributed by atoms with E-state index in [1.807, 2.05) is 0 Å². The molecule has 2 rings (SSSR count). The highest BCUT2D eigenvalue weighted by Gasteiger charge is 2.29. The van der Waals surface area contributed by atoms with Gasteiger partial charge in [-0.05, 0) is 37.2 Å². The molecule has 1 amide bonds. The second-order valence-electron chi connectivity index (χ2n) is 6.07. The molecule has 146 valence electrons. The van der Waals surface area contributed by atoms with Gasteiger partial charge in [-0.1, -0.05) is 6.92 Å². The van der Waals surface area contributed by atoms with Crippen LogP contribution in [0.25, 0.3) is 0 Å². The van der Waals surface area contributed by atoms with Gasteiger partial charge in [-0.3, -0.25) is 4.79 Å². The normalized spacial score (nSPS) is 17.2. The molecular formula is C16H22F3N3O3S. The molecule has 0 unspecified atom stereocenters. The van der Waals surface area contributed by atoms with Crippen LogP contribution in [-0.4, -0.2) is 69.0 Å². The Morgan fingerprint density at radius 3 is 2.19 bits per heavy atom. The monoisotopic (exact) mass is 393 g/mol. The van der Waals surface area contributed by atoms with E-state index in [1.54, 1.807) is 5.32 Å². The molecule has 0 radical (unpaired) electrons. The van der Waals surface area contributed by atoms with E-state index in [0.717, 1.165) is 13.0 Å². The smallest absolute Gasteiger partial charge is 0.343 e. The lowest BCUT2D eigenvalue weighted by Gasteiger charge is -2.33. The average molecular weight is 393 g/mol. The standard InChI is InChI=1S/C16H22F3N3O3S/c1-2-7-21-8-10-22(11-9-21)26(24,25)14-5-3-13(4-6-14)15(23)20-12-16(17,18)19/h3-6H,2,7-12H2,1H3,(H,20,23). The van der Waals surface area contributed by atoms with Gasteiger partial charge in [0.05, 0.1) is 4.90 Å². The van der Waals surface area contributed by atoms with Crippen molar-refractivity contribution in [1.82, 2.24) is 14.5 Å². The maximum atomic E-state index is 12.6. The first-order chi connectivity index (χ1) is 12.1. The molecule has 10 heteroatoms. The highest BCUT2D eigenvalue weighted by atomic mass is 32.2. The molecule has 0 spiro atoms. The molecule has 0 bridgehead atoms. The zero-order valence-electron chi connectivity index (χ0n) is 14.4. The van der Waals surface area contributed by atoms with E-state index in [-0.39, 0.29) is 10.5 Å². The molecule has 0 saturated carbocycles. The van der Waals surface area contributed by atoms with Crippen LogP contribution in [-0.2, 0) is 10.0 Å². The van der Waals surface area contributed by atoms with Gasteiger partial charge >= 0.3 is 6.18 Å². The molecule has 1 aromatic rings. The van der Waals surface area contributed by atoms with Crippen LogP contribution in [0.1, 0.15) is 23.7 Å². The Hall–Kier alpha value is -1.65. The Kier molecular flexibility index (Phi) is 6.64. The number of carbonyl (C=O) groups excluding carboxylic acids is 1. The van der Waals surface area contributed by atoms with Crippen LogP contribution < -0.4 is 5.32 Å². The Morgan fingerprint density at radius 2 is 1.69 bits per heavy atom. The number of carbonyl (C=O) groups is 1. The predicted octanol–water partition coefficient (Wildman–Crippen LogP) is 1.70. The summed E-state index contributed by atoms with van der Waals surface area (Å²) in [4.78, 5) is 13.9. The van der Waals surface area contributed by atoms with Crippen molar-refractivity contribution in [3.05, 3.63) is 29.8 Å². The number of nitrogens with zero attached hydrogens (tertiary/aromatic N) is 2. The van der Waals surface area contributed by atoms with Gasteiger partial charge in [-0.15, -0.1) is 0 Å². The van der Waals surface area contributed by atoms with Gasteiger partial charge < -0.3 is 10.2 Å². The zero-order valence-corrected chi connectivity index (χ0v) is 15.2. The van der Waals surface area contributed by atoms with Crippen molar-refractivity contribution in [2.75, 3.05) is 39.3 Å². The summed E-state index contributed by atoms with van der Waals surface area (Å²) in [7, 11) is -3.68. The second kappa shape index (κ2) is 8.36. The van der Waals surface area contributed by atoms with E-state index < -0.39 is 28.7 Å². The second-order valence-corrected chi connectivity index (χ2v) is 8.01. The lowest BCUT2D eigenvalue weighted by atomic mass is 10.2. The first kappa shape index (κ1) is 20.7. The summed E-state index contributed by atoms with van der Waals surface area (Å²) in [6.07, 6.45) is -3.50. The van der Waals surface area contributed by atoms with Gasteiger partial charge in [-0.25, -0.2) is 8.42 Å². The minimum atomic E-state index is -4.50. The minimum absolute atomic E-state index is 0.0220. The van der Waals surface area contributed by atoms with Gasteiger partial charge in [0.2, 0.25) is 10.0 Å². The first-order valence-corrected chi connectivity index (χ1v) is 9.75.